The van der Waals surface area contributed by atoms with Crippen molar-refractivity contribution in [2.24, 2.45) is 5.92 Å². The van der Waals surface area contributed by atoms with Gasteiger partial charge in [-0.2, -0.15) is 0 Å². The minimum Gasteiger partial charge on any atom is -0.445 e. The Bertz CT molecular complexity index is 1230. The summed E-state index contributed by atoms with van der Waals surface area (Å²) in [7, 11) is 0. The van der Waals surface area contributed by atoms with Gasteiger partial charge in [0.05, 0.1) is 40.0 Å². The average molecular weight is 573 g/mol. The van der Waals surface area contributed by atoms with E-state index >= 15 is 0 Å². The number of halogens is 5. The molecule has 12 heteroatoms. The van der Waals surface area contributed by atoms with E-state index in [2.05, 4.69) is 20.4 Å². The second kappa shape index (κ2) is 12.3. The van der Waals surface area contributed by atoms with E-state index in [-0.39, 0.29) is 18.3 Å². The molecule has 1 aliphatic carbocycles. The van der Waals surface area contributed by atoms with Crippen LogP contribution < -0.4 is 15.4 Å². The number of amides is 1. The molecule has 1 amide bonds. The van der Waals surface area contributed by atoms with E-state index < -0.39 is 18.6 Å². The maximum Gasteiger partial charge on any atom is 0.573 e. The van der Waals surface area contributed by atoms with Crippen molar-refractivity contribution in [3.05, 3.63) is 52.8 Å². The molecule has 1 heterocycles. The van der Waals surface area contributed by atoms with E-state index in [0.29, 0.717) is 28.2 Å². The van der Waals surface area contributed by atoms with E-state index in [1.807, 2.05) is 4.57 Å². The van der Waals surface area contributed by atoms with Crippen molar-refractivity contribution in [2.75, 3.05) is 11.9 Å². The SMILES string of the molecule is C[C@@H](CNc1ccc(OC(F)(F)F)cc1)OC(=O)N[C@@H](CC1CCCC1)Cn1cnc2cc(Cl)c(Cl)cc21. The molecule has 4 rings (SSSR count). The summed E-state index contributed by atoms with van der Waals surface area (Å²) in [5.41, 5.74) is 2.12. The molecule has 0 bridgehead atoms. The van der Waals surface area contributed by atoms with E-state index in [1.54, 1.807) is 25.4 Å². The Kier molecular flexibility index (Phi) is 9.15. The number of ether oxygens (including phenoxy) is 2. The summed E-state index contributed by atoms with van der Waals surface area (Å²) in [6.07, 6.45) is 1.39. The van der Waals surface area contributed by atoms with Crippen LogP contribution in [-0.4, -0.2) is 40.7 Å². The van der Waals surface area contributed by atoms with Crippen LogP contribution in [0.3, 0.4) is 0 Å². The number of carbonyl (C=O) groups is 1. The summed E-state index contributed by atoms with van der Waals surface area (Å²) in [6, 6.07) is 8.65. The summed E-state index contributed by atoms with van der Waals surface area (Å²) in [4.78, 5) is 17.2. The highest BCUT2D eigenvalue weighted by molar-refractivity contribution is 6.42. The molecule has 1 fully saturated rings. The lowest BCUT2D eigenvalue weighted by molar-refractivity contribution is -0.274. The fraction of sp³-hybridized carbons (Fsp3) is 0.462. The number of nitrogens with one attached hydrogen (secondary N) is 2. The Hall–Kier alpha value is -2.85. The predicted octanol–water partition coefficient (Wildman–Crippen LogP) is 7.42. The second-order valence-electron chi connectivity index (χ2n) is 9.55. The summed E-state index contributed by atoms with van der Waals surface area (Å²) in [6.45, 7) is 2.50. The van der Waals surface area contributed by atoms with Gasteiger partial charge in [-0.05, 0) is 55.7 Å². The van der Waals surface area contributed by atoms with Crippen LogP contribution in [0.15, 0.2) is 42.7 Å². The second-order valence-corrected chi connectivity index (χ2v) is 10.4. The highest BCUT2D eigenvalue weighted by atomic mass is 35.5. The lowest BCUT2D eigenvalue weighted by Crippen LogP contribution is -2.41. The van der Waals surface area contributed by atoms with Gasteiger partial charge in [0.2, 0.25) is 0 Å². The number of hydrogen-bond acceptors (Lipinski definition) is 5. The number of aromatic nitrogens is 2. The van der Waals surface area contributed by atoms with Gasteiger partial charge in [-0.15, -0.1) is 13.2 Å². The van der Waals surface area contributed by atoms with Crippen molar-refractivity contribution in [2.45, 2.75) is 64.1 Å². The van der Waals surface area contributed by atoms with Gasteiger partial charge in [0, 0.05) is 12.2 Å². The number of fused-ring (bicyclic) bond motifs is 1. The minimum atomic E-state index is -4.74. The molecule has 0 unspecified atom stereocenters. The first kappa shape index (κ1) is 28.2. The van der Waals surface area contributed by atoms with Crippen LogP contribution in [0.2, 0.25) is 10.0 Å². The molecule has 1 saturated carbocycles. The van der Waals surface area contributed by atoms with Crippen LogP contribution in [0.5, 0.6) is 5.75 Å². The fourth-order valence-corrected chi connectivity index (χ4v) is 5.04. The number of benzene rings is 2. The molecule has 1 aliphatic rings. The highest BCUT2D eigenvalue weighted by Crippen LogP contribution is 2.31. The Labute approximate surface area is 228 Å². The van der Waals surface area contributed by atoms with Gasteiger partial charge >= 0.3 is 12.5 Å². The zero-order valence-electron chi connectivity index (χ0n) is 20.7. The molecule has 2 atom stereocenters. The molecule has 206 valence electrons. The lowest BCUT2D eigenvalue weighted by atomic mass is 9.98. The van der Waals surface area contributed by atoms with Gasteiger partial charge in [0.1, 0.15) is 11.9 Å². The number of imidazole rings is 1. The van der Waals surface area contributed by atoms with Gasteiger partial charge in [-0.1, -0.05) is 48.9 Å². The van der Waals surface area contributed by atoms with Crippen molar-refractivity contribution < 1.29 is 27.4 Å². The van der Waals surface area contributed by atoms with Gasteiger partial charge in [0.15, 0.2) is 0 Å². The predicted molar refractivity (Wildman–Crippen MR) is 141 cm³/mol. The number of hydrogen-bond donors (Lipinski definition) is 2. The third-order valence-corrected chi connectivity index (χ3v) is 7.21. The largest absolute Gasteiger partial charge is 0.573 e. The van der Waals surface area contributed by atoms with Crippen molar-refractivity contribution in [1.29, 1.82) is 0 Å². The Balaban J connectivity index is 1.33. The quantitative estimate of drug-likeness (QED) is 0.264. The molecule has 2 N–H and O–H groups in total. The summed E-state index contributed by atoms with van der Waals surface area (Å²) in [5, 5.41) is 6.92. The Morgan fingerprint density at radius 3 is 2.53 bits per heavy atom. The molecule has 0 radical (unpaired) electrons. The molecule has 38 heavy (non-hydrogen) atoms. The van der Waals surface area contributed by atoms with E-state index in [4.69, 9.17) is 27.9 Å². The van der Waals surface area contributed by atoms with Gasteiger partial charge in [0.25, 0.3) is 0 Å². The number of carbonyl (C=O) groups excluding carboxylic acids is 1. The number of nitrogens with zero attached hydrogens (tertiary/aromatic N) is 2. The van der Waals surface area contributed by atoms with Crippen LogP contribution in [0.25, 0.3) is 11.0 Å². The maximum absolute atomic E-state index is 12.8. The first-order valence-corrected chi connectivity index (χ1v) is 13.2. The molecular weight excluding hydrogens is 544 g/mol. The third-order valence-electron chi connectivity index (χ3n) is 6.48. The van der Waals surface area contributed by atoms with Crippen molar-refractivity contribution >= 4 is 46.0 Å². The first-order chi connectivity index (χ1) is 18.1. The van der Waals surface area contributed by atoms with Crippen LogP contribution in [0.1, 0.15) is 39.0 Å². The molecular formula is C26H29Cl2F3N4O3. The van der Waals surface area contributed by atoms with Crippen LogP contribution in [-0.2, 0) is 11.3 Å². The van der Waals surface area contributed by atoms with Crippen molar-refractivity contribution in [3.8, 4) is 5.75 Å². The normalized spacial score (nSPS) is 15.8. The first-order valence-electron chi connectivity index (χ1n) is 12.4. The molecule has 0 saturated heterocycles. The van der Waals surface area contributed by atoms with Gasteiger partial charge < -0.3 is 24.7 Å². The van der Waals surface area contributed by atoms with E-state index in [9.17, 15) is 18.0 Å². The Morgan fingerprint density at radius 1 is 1.16 bits per heavy atom. The summed E-state index contributed by atoms with van der Waals surface area (Å²) in [5.74, 6) is 0.215. The van der Waals surface area contributed by atoms with E-state index in [0.717, 1.165) is 30.3 Å². The van der Waals surface area contributed by atoms with Gasteiger partial charge in [-0.25, -0.2) is 9.78 Å². The molecule has 0 spiro atoms. The van der Waals surface area contributed by atoms with Crippen LogP contribution in [0, 0.1) is 5.92 Å². The minimum absolute atomic E-state index is 0.182. The Morgan fingerprint density at radius 2 is 1.84 bits per heavy atom. The molecule has 0 aliphatic heterocycles. The average Bonchev–Trinajstić information content (AvgIpc) is 3.48. The lowest BCUT2D eigenvalue weighted by Gasteiger charge is -2.24. The number of rotatable bonds is 10. The topological polar surface area (TPSA) is 77.4 Å². The van der Waals surface area contributed by atoms with Crippen LogP contribution >= 0.6 is 23.2 Å². The monoisotopic (exact) mass is 572 g/mol. The fourth-order valence-electron chi connectivity index (χ4n) is 4.72. The zero-order valence-corrected chi connectivity index (χ0v) is 22.2. The summed E-state index contributed by atoms with van der Waals surface area (Å²) < 4.78 is 48.3. The standard InChI is InChI=1S/C26H29Cl2F3N4O3/c1-16(13-32-18-6-8-20(9-7-18)38-26(29,30)31)37-25(36)34-19(10-17-4-2-3-5-17)14-35-15-33-23-11-21(27)22(28)12-24(23)35/h6-9,11-12,15-17,19,32H,2-5,10,13-14H2,1H3,(H,34,36)/t16-,19-/m0/s1. The van der Waals surface area contributed by atoms with Crippen LogP contribution in [0.4, 0.5) is 23.7 Å². The number of alkyl carbamates (subject to hydrolysis) is 1. The highest BCUT2D eigenvalue weighted by Gasteiger charge is 2.31. The molecule has 1 aromatic heterocycles. The number of alkyl halides is 3. The van der Waals surface area contributed by atoms with Gasteiger partial charge in [-0.3, -0.25) is 0 Å². The third kappa shape index (κ3) is 8.07. The summed E-state index contributed by atoms with van der Waals surface area (Å²) >= 11 is 12.3. The smallest absolute Gasteiger partial charge is 0.445 e. The zero-order chi connectivity index (χ0) is 27.3. The molecule has 2 aromatic carbocycles. The van der Waals surface area contributed by atoms with E-state index in [1.165, 1.54) is 37.1 Å². The number of anilines is 1. The van der Waals surface area contributed by atoms with Crippen molar-refractivity contribution in [1.82, 2.24) is 14.9 Å². The maximum atomic E-state index is 12.8. The van der Waals surface area contributed by atoms with Crippen molar-refractivity contribution in [3.63, 3.8) is 0 Å². The molecule has 3 aromatic rings. The molecule has 7 nitrogen and oxygen atoms in total.